The maximum atomic E-state index is 5.82. The normalized spacial score (nSPS) is 11.8. The lowest BCUT2D eigenvalue weighted by Gasteiger charge is -2.13. The second-order valence-corrected chi connectivity index (χ2v) is 7.39. The van der Waals surface area contributed by atoms with Crippen LogP contribution in [0.2, 0.25) is 0 Å². The number of hydrogen-bond donors (Lipinski definition) is 2. The van der Waals surface area contributed by atoms with Crippen LogP contribution >= 0.6 is 24.0 Å². The van der Waals surface area contributed by atoms with Gasteiger partial charge >= 0.3 is 0 Å². The van der Waals surface area contributed by atoms with Crippen molar-refractivity contribution in [3.8, 4) is 5.82 Å². The zero-order valence-electron chi connectivity index (χ0n) is 17.2. The van der Waals surface area contributed by atoms with Gasteiger partial charge in [-0.1, -0.05) is 20.8 Å². The number of hydrogen-bond acceptors (Lipinski definition) is 5. The average Bonchev–Trinajstić information content (AvgIpc) is 3.36. The van der Waals surface area contributed by atoms with E-state index in [1.165, 1.54) is 0 Å². The quantitative estimate of drug-likeness (QED) is 0.301. The van der Waals surface area contributed by atoms with Crippen molar-refractivity contribution in [1.29, 1.82) is 0 Å². The van der Waals surface area contributed by atoms with E-state index < -0.39 is 0 Å². The molecular weight excluding hydrogens is 481 g/mol. The molecule has 2 N–H and O–H groups in total. The summed E-state index contributed by atoms with van der Waals surface area (Å²) in [6.07, 6.45) is 7.15. The molecule has 0 saturated carbocycles. The van der Waals surface area contributed by atoms with Crippen molar-refractivity contribution in [1.82, 2.24) is 30.4 Å². The maximum absolute atomic E-state index is 5.82. The van der Waals surface area contributed by atoms with Gasteiger partial charge in [0.15, 0.2) is 11.8 Å². The Bertz CT molecular complexity index is 913. The number of aliphatic imine (C=N–C) groups is 1. The molecule has 29 heavy (non-hydrogen) atoms. The lowest BCUT2D eigenvalue weighted by atomic mass is 9.94. The summed E-state index contributed by atoms with van der Waals surface area (Å²) in [5.41, 5.74) is 0.987. The topological polar surface area (TPSA) is 93.2 Å². The van der Waals surface area contributed by atoms with Gasteiger partial charge in [-0.2, -0.15) is 5.10 Å². The highest BCUT2D eigenvalue weighted by molar-refractivity contribution is 14.0. The molecule has 3 rings (SSSR count). The van der Waals surface area contributed by atoms with E-state index in [0.717, 1.165) is 23.7 Å². The van der Waals surface area contributed by atoms with Crippen molar-refractivity contribution < 1.29 is 4.42 Å². The standard InChI is InChI=1S/C20H27N7O.HI/c1-5-21-19(25-14-18-23-13-16(28-18)20(2,3)4)24-12-15-7-9-22-17(11-15)27-10-6-8-26-27;/h6-11,13H,5,12,14H2,1-4H3,(H2,21,24,25);1H. The molecule has 0 fully saturated rings. The van der Waals surface area contributed by atoms with E-state index in [0.29, 0.717) is 24.9 Å². The van der Waals surface area contributed by atoms with Crippen LogP contribution in [-0.4, -0.2) is 32.3 Å². The molecule has 0 bridgehead atoms. The van der Waals surface area contributed by atoms with Gasteiger partial charge in [0.05, 0.1) is 19.3 Å². The fraction of sp³-hybridized carbons (Fsp3) is 0.400. The largest absolute Gasteiger partial charge is 0.443 e. The predicted octanol–water partition coefficient (Wildman–Crippen LogP) is 3.43. The van der Waals surface area contributed by atoms with Crippen LogP contribution in [0, 0.1) is 0 Å². The fourth-order valence-corrected chi connectivity index (χ4v) is 2.50. The maximum Gasteiger partial charge on any atom is 0.213 e. The number of rotatable bonds is 6. The van der Waals surface area contributed by atoms with Crippen molar-refractivity contribution in [3.05, 3.63) is 60.2 Å². The van der Waals surface area contributed by atoms with E-state index in [1.807, 2.05) is 31.3 Å². The second-order valence-electron chi connectivity index (χ2n) is 7.39. The molecule has 0 saturated heterocycles. The molecule has 0 aliphatic carbocycles. The zero-order chi connectivity index (χ0) is 20.0. The molecule has 9 heteroatoms. The third-order valence-corrected chi connectivity index (χ3v) is 4.01. The van der Waals surface area contributed by atoms with Crippen molar-refractivity contribution in [2.75, 3.05) is 6.54 Å². The molecule has 0 spiro atoms. The monoisotopic (exact) mass is 509 g/mol. The first-order valence-corrected chi connectivity index (χ1v) is 9.38. The second kappa shape index (κ2) is 10.4. The Morgan fingerprint density at radius 2 is 2.03 bits per heavy atom. The van der Waals surface area contributed by atoms with E-state index in [1.54, 1.807) is 23.3 Å². The smallest absolute Gasteiger partial charge is 0.213 e. The lowest BCUT2D eigenvalue weighted by Crippen LogP contribution is -2.36. The molecule has 156 valence electrons. The van der Waals surface area contributed by atoms with Gasteiger partial charge in [0.2, 0.25) is 5.89 Å². The van der Waals surface area contributed by atoms with E-state index in [2.05, 4.69) is 51.5 Å². The molecule has 3 heterocycles. The predicted molar refractivity (Wildman–Crippen MR) is 124 cm³/mol. The van der Waals surface area contributed by atoms with Crippen LogP contribution in [0.15, 0.2) is 52.4 Å². The first-order chi connectivity index (χ1) is 13.5. The highest BCUT2D eigenvalue weighted by Gasteiger charge is 2.19. The first kappa shape index (κ1) is 22.9. The third kappa shape index (κ3) is 6.55. The molecule has 0 aliphatic rings. The summed E-state index contributed by atoms with van der Waals surface area (Å²) in [5.74, 6) is 2.98. The van der Waals surface area contributed by atoms with Crippen LogP contribution in [0.3, 0.4) is 0 Å². The first-order valence-electron chi connectivity index (χ1n) is 9.38. The molecule has 8 nitrogen and oxygen atoms in total. The van der Waals surface area contributed by atoms with Gasteiger partial charge in [-0.3, -0.25) is 0 Å². The summed E-state index contributed by atoms with van der Waals surface area (Å²) in [4.78, 5) is 13.3. The number of pyridine rings is 1. The Kier molecular flexibility index (Phi) is 8.18. The van der Waals surface area contributed by atoms with Crippen LogP contribution in [0.25, 0.3) is 5.82 Å². The van der Waals surface area contributed by atoms with Crippen molar-refractivity contribution in [2.45, 2.75) is 46.2 Å². The Labute approximate surface area is 188 Å². The number of guanidine groups is 1. The van der Waals surface area contributed by atoms with Crippen molar-refractivity contribution in [2.24, 2.45) is 4.99 Å². The van der Waals surface area contributed by atoms with Crippen LogP contribution in [0.1, 0.15) is 44.9 Å². The molecule has 0 aromatic carbocycles. The molecule has 0 aliphatic heterocycles. The number of halogens is 1. The summed E-state index contributed by atoms with van der Waals surface area (Å²) in [6.45, 7) is 10.1. The number of nitrogens with zero attached hydrogens (tertiary/aromatic N) is 5. The van der Waals surface area contributed by atoms with Crippen LogP contribution in [0.5, 0.6) is 0 Å². The van der Waals surface area contributed by atoms with Crippen LogP contribution in [0.4, 0.5) is 0 Å². The molecule has 0 atom stereocenters. The summed E-state index contributed by atoms with van der Waals surface area (Å²) in [5, 5.41) is 10.7. The van der Waals surface area contributed by atoms with Crippen molar-refractivity contribution in [3.63, 3.8) is 0 Å². The minimum Gasteiger partial charge on any atom is -0.443 e. The Balaban J connectivity index is 0.00000300. The summed E-state index contributed by atoms with van der Waals surface area (Å²) < 4.78 is 7.55. The Hall–Kier alpha value is -2.43. The number of aromatic nitrogens is 4. The minimum atomic E-state index is -0.0581. The minimum absolute atomic E-state index is 0. The Morgan fingerprint density at radius 1 is 1.21 bits per heavy atom. The summed E-state index contributed by atoms with van der Waals surface area (Å²) in [6, 6.07) is 5.79. The summed E-state index contributed by atoms with van der Waals surface area (Å²) >= 11 is 0. The zero-order valence-corrected chi connectivity index (χ0v) is 19.5. The average molecular weight is 509 g/mol. The molecule has 3 aromatic rings. The number of nitrogens with one attached hydrogen (secondary N) is 2. The van der Waals surface area contributed by atoms with E-state index in [-0.39, 0.29) is 29.4 Å². The van der Waals surface area contributed by atoms with E-state index in [4.69, 9.17) is 4.42 Å². The van der Waals surface area contributed by atoms with E-state index in [9.17, 15) is 0 Å². The number of oxazole rings is 1. The fourth-order valence-electron chi connectivity index (χ4n) is 2.50. The highest BCUT2D eigenvalue weighted by Crippen LogP contribution is 2.22. The van der Waals surface area contributed by atoms with Gasteiger partial charge in [0.1, 0.15) is 5.76 Å². The molecule has 0 unspecified atom stereocenters. The van der Waals surface area contributed by atoms with E-state index >= 15 is 0 Å². The van der Waals surface area contributed by atoms with Gasteiger partial charge < -0.3 is 15.1 Å². The molecule has 3 aromatic heterocycles. The third-order valence-electron chi connectivity index (χ3n) is 4.01. The van der Waals surface area contributed by atoms with Crippen LogP contribution < -0.4 is 10.6 Å². The Morgan fingerprint density at radius 3 is 2.69 bits per heavy atom. The molecule has 0 amide bonds. The summed E-state index contributed by atoms with van der Waals surface area (Å²) in [7, 11) is 0. The van der Waals surface area contributed by atoms with Gasteiger partial charge in [-0.25, -0.2) is 19.6 Å². The SMILES string of the molecule is CCNC(=NCc1ccnc(-n2cccn2)c1)NCc1ncc(C(C)(C)C)o1.I. The van der Waals surface area contributed by atoms with Gasteiger partial charge in [0.25, 0.3) is 0 Å². The van der Waals surface area contributed by atoms with Crippen LogP contribution in [-0.2, 0) is 18.5 Å². The molecule has 0 radical (unpaired) electrons. The molecular formula is C20H28IN7O. The van der Waals surface area contributed by atoms with Gasteiger partial charge in [0, 0.05) is 30.6 Å². The lowest BCUT2D eigenvalue weighted by molar-refractivity contribution is 0.379. The van der Waals surface area contributed by atoms with Gasteiger partial charge in [-0.15, -0.1) is 24.0 Å². The van der Waals surface area contributed by atoms with Crippen molar-refractivity contribution >= 4 is 29.9 Å². The van der Waals surface area contributed by atoms with Gasteiger partial charge in [-0.05, 0) is 30.7 Å². The highest BCUT2D eigenvalue weighted by atomic mass is 127.